The van der Waals surface area contributed by atoms with Crippen molar-refractivity contribution in [3.05, 3.63) is 65.2 Å². The summed E-state index contributed by atoms with van der Waals surface area (Å²) in [6, 6.07) is 15.7. The van der Waals surface area contributed by atoms with Gasteiger partial charge in [-0.05, 0) is 58.3 Å². The quantitative estimate of drug-likeness (QED) is 0.0814. The summed E-state index contributed by atoms with van der Waals surface area (Å²) < 4.78 is 1.64. The van der Waals surface area contributed by atoms with Crippen LogP contribution in [0.3, 0.4) is 0 Å². The van der Waals surface area contributed by atoms with E-state index in [1.165, 1.54) is 114 Å². The molecule has 3 aromatic rings. The van der Waals surface area contributed by atoms with E-state index in [2.05, 4.69) is 35.4 Å². The van der Waals surface area contributed by atoms with E-state index in [0.717, 1.165) is 24.1 Å². The number of thiocarbonyl (C=S) groups is 1. The first-order chi connectivity index (χ1) is 23.5. The van der Waals surface area contributed by atoms with Crippen LogP contribution < -0.4 is 0 Å². The number of ketones is 1. The average Bonchev–Trinajstić information content (AvgIpc) is 3.76. The van der Waals surface area contributed by atoms with E-state index < -0.39 is 4.87 Å². The van der Waals surface area contributed by atoms with Gasteiger partial charge in [0.15, 0.2) is 4.87 Å². The first-order valence-electron chi connectivity index (χ1n) is 18.5. The topological polar surface area (TPSA) is 81.0 Å². The molecule has 258 valence electrons. The molecule has 1 amide bonds. The number of likely N-dealkylation sites (tertiary alicyclic amines) is 1. The van der Waals surface area contributed by atoms with Crippen molar-refractivity contribution in [1.29, 1.82) is 0 Å². The number of unbranched alkanes of at least 4 members (excludes halogenated alkanes) is 15. The molecule has 2 aromatic carbocycles. The van der Waals surface area contributed by atoms with Crippen LogP contribution in [0.1, 0.15) is 157 Å². The van der Waals surface area contributed by atoms with Crippen molar-refractivity contribution in [2.75, 3.05) is 0 Å². The molecule has 0 spiro atoms. The lowest BCUT2D eigenvalue weighted by Crippen LogP contribution is -2.54. The predicted molar refractivity (Wildman–Crippen MR) is 199 cm³/mol. The van der Waals surface area contributed by atoms with Crippen molar-refractivity contribution >= 4 is 40.7 Å². The van der Waals surface area contributed by atoms with Crippen molar-refractivity contribution in [3.8, 4) is 5.69 Å². The molecule has 1 aliphatic heterocycles. The summed E-state index contributed by atoms with van der Waals surface area (Å²) in [5.74, 6) is -0.495. The molecule has 2 unspecified atom stereocenters. The molecule has 0 N–H and O–H groups in total. The lowest BCUT2D eigenvalue weighted by molar-refractivity contribution is -0.127. The van der Waals surface area contributed by atoms with E-state index in [1.807, 2.05) is 42.5 Å². The molecule has 0 saturated carbocycles. The van der Waals surface area contributed by atoms with E-state index in [0.29, 0.717) is 28.6 Å². The van der Waals surface area contributed by atoms with Crippen LogP contribution in [0.4, 0.5) is 0 Å². The number of rotatable bonds is 21. The molecule has 2 atom stereocenters. The molecular weight excluding hydrogens is 635 g/mol. The van der Waals surface area contributed by atoms with Gasteiger partial charge < -0.3 is 0 Å². The number of fused-ring (bicyclic) bond motifs is 1. The van der Waals surface area contributed by atoms with Crippen molar-refractivity contribution < 1.29 is 9.59 Å². The van der Waals surface area contributed by atoms with E-state index in [1.54, 1.807) is 9.58 Å². The minimum absolute atomic E-state index is 0.0935. The van der Waals surface area contributed by atoms with Gasteiger partial charge in [0.1, 0.15) is 0 Å². The molecule has 48 heavy (non-hydrogen) atoms. The van der Waals surface area contributed by atoms with Gasteiger partial charge in [-0.15, -0.1) is 5.10 Å². The number of benzene rings is 2. The fourth-order valence-corrected chi connectivity index (χ4v) is 9.32. The molecule has 0 bridgehead atoms. The van der Waals surface area contributed by atoms with E-state index in [-0.39, 0.29) is 17.6 Å². The van der Waals surface area contributed by atoms with Crippen molar-refractivity contribution in [2.45, 2.75) is 152 Å². The summed E-state index contributed by atoms with van der Waals surface area (Å²) in [7, 11) is 0. The molecule has 1 aliphatic carbocycles. The first kappa shape index (κ1) is 36.4. The third kappa shape index (κ3) is 8.44. The fraction of sp³-hybridized carbons (Fsp3) is 0.590. The Kier molecular flexibility index (Phi) is 13.8. The minimum Gasteiger partial charge on any atom is -0.290 e. The molecule has 5 rings (SSSR count). The number of carbonyl (C=O) groups excluding carboxylic acids is 2. The van der Waals surface area contributed by atoms with E-state index in [4.69, 9.17) is 12.2 Å². The van der Waals surface area contributed by atoms with Crippen LogP contribution in [0, 0.1) is 0 Å². The largest absolute Gasteiger partial charge is 0.290 e. The molecule has 2 aliphatic rings. The molecule has 0 radical (unpaired) electrons. The van der Waals surface area contributed by atoms with Gasteiger partial charge in [-0.1, -0.05) is 159 Å². The summed E-state index contributed by atoms with van der Waals surface area (Å²) in [4.78, 5) is 28.9. The lowest BCUT2D eigenvalue weighted by Gasteiger charge is -2.39. The van der Waals surface area contributed by atoms with Crippen LogP contribution >= 0.6 is 24.0 Å². The Morgan fingerprint density at radius 1 is 0.792 bits per heavy atom. The zero-order valence-electron chi connectivity index (χ0n) is 29.0. The Hall–Kier alpha value is -2.91. The summed E-state index contributed by atoms with van der Waals surface area (Å²) in [5.41, 5.74) is 3.71. The highest BCUT2D eigenvalue weighted by Gasteiger charge is 2.60. The molecular formula is C39H53N5O2S2. The Balaban J connectivity index is 1.16. The normalized spacial score (nSPS) is 19.1. The van der Waals surface area contributed by atoms with Crippen molar-refractivity contribution in [1.82, 2.24) is 25.1 Å². The number of hydrogen-bond acceptors (Lipinski definition) is 7. The molecule has 1 fully saturated rings. The van der Waals surface area contributed by atoms with Gasteiger partial charge in [0.25, 0.3) is 0 Å². The average molecular weight is 688 g/mol. The number of aromatic nitrogens is 4. The molecule has 1 aromatic heterocycles. The second-order valence-electron chi connectivity index (χ2n) is 13.6. The molecule has 1 saturated heterocycles. The highest BCUT2D eigenvalue weighted by atomic mass is 32.2. The first-order valence-corrected chi connectivity index (χ1v) is 19.8. The van der Waals surface area contributed by atoms with E-state index in [9.17, 15) is 9.59 Å². The number of para-hydroxylation sites is 1. The van der Waals surface area contributed by atoms with Crippen LogP contribution in [0.2, 0.25) is 0 Å². The Bertz CT molecular complexity index is 1490. The summed E-state index contributed by atoms with van der Waals surface area (Å²) in [6.07, 6.45) is 23.2. The summed E-state index contributed by atoms with van der Waals surface area (Å²) in [5, 5.41) is 13.0. The van der Waals surface area contributed by atoms with Crippen LogP contribution in [0.15, 0.2) is 53.7 Å². The van der Waals surface area contributed by atoms with Crippen molar-refractivity contribution in [2.24, 2.45) is 0 Å². The number of nitrogens with zero attached hydrogens (tertiary/aromatic N) is 5. The number of carbonyl (C=O) groups is 2. The SMILES string of the molecule is CCCCCCCCCCCCCCCCCCc1cccc2c1C(C)C(Sc1nnnn1-c1ccccc1)(N1C(=O)CCC1=S)C2=O. The Labute approximate surface area is 297 Å². The van der Waals surface area contributed by atoms with Crippen molar-refractivity contribution in [3.63, 3.8) is 0 Å². The van der Waals surface area contributed by atoms with Gasteiger partial charge in [-0.25, -0.2) is 0 Å². The molecule has 7 nitrogen and oxygen atoms in total. The van der Waals surface area contributed by atoms with Crippen LogP contribution in [-0.4, -0.2) is 46.7 Å². The minimum atomic E-state index is -1.28. The number of thioether (sulfide) groups is 1. The van der Waals surface area contributed by atoms with Crippen LogP contribution in [0.25, 0.3) is 5.69 Å². The second kappa shape index (κ2) is 18.2. The molecule has 9 heteroatoms. The highest BCUT2D eigenvalue weighted by Crippen LogP contribution is 2.55. The van der Waals surface area contributed by atoms with Gasteiger partial charge >= 0.3 is 0 Å². The highest BCUT2D eigenvalue weighted by molar-refractivity contribution is 8.01. The van der Waals surface area contributed by atoms with Gasteiger partial charge in [0, 0.05) is 24.3 Å². The Morgan fingerprint density at radius 2 is 1.40 bits per heavy atom. The van der Waals surface area contributed by atoms with E-state index >= 15 is 0 Å². The second-order valence-corrected chi connectivity index (χ2v) is 15.3. The maximum absolute atomic E-state index is 14.6. The maximum atomic E-state index is 14.6. The van der Waals surface area contributed by atoms with Gasteiger partial charge in [0.2, 0.25) is 16.8 Å². The number of tetrazole rings is 1. The third-order valence-electron chi connectivity index (χ3n) is 10.2. The zero-order chi connectivity index (χ0) is 33.8. The lowest BCUT2D eigenvalue weighted by atomic mass is 9.91. The third-order valence-corrected chi connectivity index (χ3v) is 12.0. The van der Waals surface area contributed by atoms with Crippen LogP contribution in [-0.2, 0) is 11.2 Å². The summed E-state index contributed by atoms with van der Waals surface area (Å²) in [6.45, 7) is 4.35. The van der Waals surface area contributed by atoms with Gasteiger partial charge in [-0.3, -0.25) is 14.5 Å². The number of amides is 1. The number of hydrogen-bond donors (Lipinski definition) is 0. The fourth-order valence-electron chi connectivity index (χ4n) is 7.52. The number of aryl methyl sites for hydroxylation is 1. The maximum Gasteiger partial charge on any atom is 0.229 e. The zero-order valence-corrected chi connectivity index (χ0v) is 30.6. The summed E-state index contributed by atoms with van der Waals surface area (Å²) >= 11 is 7.01. The van der Waals surface area contributed by atoms with Gasteiger partial charge in [-0.2, -0.15) is 4.68 Å². The number of Topliss-reactive ketones (excluding diaryl/α,β-unsaturated/α-hetero) is 1. The standard InChI is InChI=1S/C39H53N5O2S2/c1-3-4-5-6-7-8-9-10-11-12-13-14-15-16-17-19-23-31-24-22-27-33-36(31)30(2)39(37(33)46,43-34(45)28-29-35(43)47)48-38-40-41-42-44(38)32-25-20-18-21-26-32/h18,20-22,24-27,30H,3-17,19,23,28-29H2,1-2H3. The van der Waals surface area contributed by atoms with Crippen LogP contribution in [0.5, 0.6) is 0 Å². The predicted octanol–water partition coefficient (Wildman–Crippen LogP) is 10.2. The smallest absolute Gasteiger partial charge is 0.229 e. The Morgan fingerprint density at radius 3 is 1.98 bits per heavy atom. The monoisotopic (exact) mass is 687 g/mol. The van der Waals surface area contributed by atoms with Gasteiger partial charge in [0.05, 0.1) is 10.7 Å². The molecule has 2 heterocycles.